The van der Waals surface area contributed by atoms with Crippen LogP contribution in [0.1, 0.15) is 78.1 Å². The average Bonchev–Trinajstić information content (AvgIpc) is 2.43. The van der Waals surface area contributed by atoms with Crippen LogP contribution in [-0.2, 0) is 9.53 Å². The fourth-order valence-electron chi connectivity index (χ4n) is 2.24. The lowest BCUT2D eigenvalue weighted by Gasteiger charge is -2.12. The molecule has 1 atom stereocenters. The summed E-state index contributed by atoms with van der Waals surface area (Å²) in [7, 11) is 0. The Hall–Kier alpha value is -0.970. The number of unbranched alkanes of at least 4 members (excludes halogenated alkanes) is 7. The number of carbonyl (C=O) groups excluding carboxylic acids is 1. The molecule has 0 saturated carbocycles. The number of esters is 1. The first-order valence-corrected chi connectivity index (χ1v) is 7.86. The molecule has 2 heteroatoms. The number of carbonyl (C=O) groups is 1. The van der Waals surface area contributed by atoms with E-state index >= 15 is 0 Å². The highest BCUT2D eigenvalue weighted by molar-refractivity contribution is 5.72. The summed E-state index contributed by atoms with van der Waals surface area (Å²) in [4.78, 5) is 11.7. The van der Waals surface area contributed by atoms with Crippen LogP contribution in [0.25, 0.3) is 0 Å². The van der Waals surface area contributed by atoms with Crippen molar-refractivity contribution in [3.8, 4) is 12.3 Å². The maximum atomic E-state index is 11.7. The average molecular weight is 266 g/mol. The Morgan fingerprint density at radius 1 is 1.05 bits per heavy atom. The first-order chi connectivity index (χ1) is 9.26. The van der Waals surface area contributed by atoms with E-state index in [4.69, 9.17) is 11.2 Å². The van der Waals surface area contributed by atoms with Crippen LogP contribution in [0.5, 0.6) is 0 Å². The van der Waals surface area contributed by atoms with Crippen LogP contribution >= 0.6 is 0 Å². The molecule has 0 aliphatic heterocycles. The Morgan fingerprint density at radius 3 is 2.16 bits per heavy atom. The lowest BCUT2D eigenvalue weighted by atomic mass is 9.98. The molecule has 0 aromatic carbocycles. The Morgan fingerprint density at radius 2 is 1.63 bits per heavy atom. The van der Waals surface area contributed by atoms with Crippen LogP contribution in [0.15, 0.2) is 0 Å². The van der Waals surface area contributed by atoms with Crippen LogP contribution in [0, 0.1) is 18.3 Å². The Kier molecular flexibility index (Phi) is 12.8. The summed E-state index contributed by atoms with van der Waals surface area (Å²) < 4.78 is 4.99. The smallest absolute Gasteiger partial charge is 0.309 e. The minimum Gasteiger partial charge on any atom is -0.452 e. The van der Waals surface area contributed by atoms with Gasteiger partial charge in [-0.2, -0.15) is 0 Å². The monoisotopic (exact) mass is 266 g/mol. The third-order valence-electron chi connectivity index (χ3n) is 3.53. The lowest BCUT2D eigenvalue weighted by molar-refractivity contribution is -0.147. The molecule has 0 rings (SSSR count). The third kappa shape index (κ3) is 10.6. The summed E-state index contributed by atoms with van der Waals surface area (Å²) in [6.07, 6.45) is 17.2. The molecule has 0 amide bonds. The zero-order chi connectivity index (χ0) is 14.3. The van der Waals surface area contributed by atoms with Crippen molar-refractivity contribution in [3.63, 3.8) is 0 Å². The van der Waals surface area contributed by atoms with Gasteiger partial charge in [0.15, 0.2) is 6.61 Å². The maximum Gasteiger partial charge on any atom is 0.309 e. The second-order valence-electron chi connectivity index (χ2n) is 5.18. The third-order valence-corrected chi connectivity index (χ3v) is 3.53. The molecule has 0 bridgehead atoms. The Bertz CT molecular complexity index is 252. The van der Waals surface area contributed by atoms with E-state index in [9.17, 15) is 4.79 Å². The van der Waals surface area contributed by atoms with Gasteiger partial charge in [-0.25, -0.2) is 0 Å². The van der Waals surface area contributed by atoms with Crippen molar-refractivity contribution in [2.24, 2.45) is 5.92 Å². The van der Waals surface area contributed by atoms with Gasteiger partial charge in [0.05, 0.1) is 5.92 Å². The van der Waals surface area contributed by atoms with Crippen molar-refractivity contribution < 1.29 is 9.53 Å². The topological polar surface area (TPSA) is 26.3 Å². The molecule has 0 radical (unpaired) electrons. The van der Waals surface area contributed by atoms with Crippen molar-refractivity contribution >= 4 is 5.97 Å². The van der Waals surface area contributed by atoms with Crippen molar-refractivity contribution in [1.29, 1.82) is 0 Å². The highest BCUT2D eigenvalue weighted by atomic mass is 16.5. The van der Waals surface area contributed by atoms with E-state index in [1.165, 1.54) is 44.9 Å². The van der Waals surface area contributed by atoms with Gasteiger partial charge in [0, 0.05) is 0 Å². The summed E-state index contributed by atoms with van der Waals surface area (Å²) in [5.74, 6) is 2.25. The number of ether oxygens (including phenoxy) is 1. The second kappa shape index (κ2) is 13.5. The standard InChI is InChI=1S/C17H30O2/c1-4-7-8-9-10-11-12-13-14-16(6-3)17(18)19-15-5-2/h2,16H,4,6-15H2,1,3H3. The molecule has 0 spiro atoms. The molecule has 0 heterocycles. The molecule has 110 valence electrons. The number of hydrogen-bond donors (Lipinski definition) is 0. The van der Waals surface area contributed by atoms with Crippen LogP contribution in [0.2, 0.25) is 0 Å². The van der Waals surface area contributed by atoms with Crippen LogP contribution in [-0.4, -0.2) is 12.6 Å². The van der Waals surface area contributed by atoms with E-state index in [-0.39, 0.29) is 18.5 Å². The maximum absolute atomic E-state index is 11.7. The quantitative estimate of drug-likeness (QED) is 0.290. The molecular weight excluding hydrogens is 236 g/mol. The van der Waals surface area contributed by atoms with Crippen molar-refractivity contribution in [3.05, 3.63) is 0 Å². The second-order valence-corrected chi connectivity index (χ2v) is 5.18. The SMILES string of the molecule is C#CCOC(=O)C(CC)CCCCCCCCCC. The molecular formula is C17H30O2. The fourth-order valence-corrected chi connectivity index (χ4v) is 2.24. The lowest BCUT2D eigenvalue weighted by Crippen LogP contribution is -2.17. The zero-order valence-electron chi connectivity index (χ0n) is 12.7. The first-order valence-electron chi connectivity index (χ1n) is 7.86. The Balaban J connectivity index is 3.51. The van der Waals surface area contributed by atoms with Gasteiger partial charge >= 0.3 is 5.97 Å². The van der Waals surface area contributed by atoms with Crippen LogP contribution in [0.3, 0.4) is 0 Å². The molecule has 0 saturated heterocycles. The van der Waals surface area contributed by atoms with E-state index in [1.54, 1.807) is 0 Å². The first kappa shape index (κ1) is 18.0. The molecule has 0 aromatic rings. The van der Waals surface area contributed by atoms with Crippen molar-refractivity contribution in [1.82, 2.24) is 0 Å². The fraction of sp³-hybridized carbons (Fsp3) is 0.824. The van der Waals surface area contributed by atoms with Crippen molar-refractivity contribution in [2.45, 2.75) is 78.1 Å². The molecule has 1 unspecified atom stereocenters. The van der Waals surface area contributed by atoms with E-state index in [0.29, 0.717) is 0 Å². The molecule has 0 aromatic heterocycles. The highest BCUT2D eigenvalue weighted by Crippen LogP contribution is 2.17. The highest BCUT2D eigenvalue weighted by Gasteiger charge is 2.16. The minimum atomic E-state index is -0.122. The zero-order valence-corrected chi connectivity index (χ0v) is 12.7. The summed E-state index contributed by atoms with van der Waals surface area (Å²) in [6, 6.07) is 0. The van der Waals surface area contributed by atoms with Gasteiger partial charge in [0.1, 0.15) is 0 Å². The van der Waals surface area contributed by atoms with E-state index < -0.39 is 0 Å². The van der Waals surface area contributed by atoms with Gasteiger partial charge < -0.3 is 4.74 Å². The number of terminal acetylenes is 1. The van der Waals surface area contributed by atoms with Crippen LogP contribution in [0.4, 0.5) is 0 Å². The molecule has 0 N–H and O–H groups in total. The minimum absolute atomic E-state index is 0.0356. The van der Waals surface area contributed by atoms with Gasteiger partial charge in [-0.1, -0.05) is 71.1 Å². The van der Waals surface area contributed by atoms with E-state index in [2.05, 4.69) is 12.8 Å². The van der Waals surface area contributed by atoms with Gasteiger partial charge in [-0.05, 0) is 12.8 Å². The predicted octanol–water partition coefficient (Wildman–Crippen LogP) is 4.72. The summed E-state index contributed by atoms with van der Waals surface area (Å²) in [6.45, 7) is 4.38. The van der Waals surface area contributed by atoms with E-state index in [1.807, 2.05) is 6.92 Å². The molecule has 0 fully saturated rings. The van der Waals surface area contributed by atoms with Gasteiger partial charge in [0.25, 0.3) is 0 Å². The number of hydrogen-bond acceptors (Lipinski definition) is 2. The van der Waals surface area contributed by atoms with Crippen LogP contribution < -0.4 is 0 Å². The number of rotatable bonds is 12. The van der Waals surface area contributed by atoms with Crippen molar-refractivity contribution in [2.75, 3.05) is 6.61 Å². The predicted molar refractivity (Wildman–Crippen MR) is 80.8 cm³/mol. The van der Waals surface area contributed by atoms with Gasteiger partial charge in [-0.15, -0.1) is 6.42 Å². The largest absolute Gasteiger partial charge is 0.452 e. The summed E-state index contributed by atoms with van der Waals surface area (Å²) in [5, 5.41) is 0. The Labute approximate surface area is 119 Å². The summed E-state index contributed by atoms with van der Waals surface area (Å²) in [5.41, 5.74) is 0. The van der Waals surface area contributed by atoms with Gasteiger partial charge in [0.2, 0.25) is 0 Å². The molecule has 0 aliphatic rings. The summed E-state index contributed by atoms with van der Waals surface area (Å²) >= 11 is 0. The molecule has 2 nitrogen and oxygen atoms in total. The van der Waals surface area contributed by atoms with Gasteiger partial charge in [-0.3, -0.25) is 4.79 Å². The normalized spacial score (nSPS) is 11.8. The molecule has 0 aliphatic carbocycles. The van der Waals surface area contributed by atoms with E-state index in [0.717, 1.165) is 19.3 Å². The molecule has 19 heavy (non-hydrogen) atoms.